The van der Waals surface area contributed by atoms with Crippen molar-refractivity contribution in [2.24, 2.45) is 0 Å². The third-order valence-corrected chi connectivity index (χ3v) is 4.55. The number of hydrogen-bond donors (Lipinski definition) is 3. The molecule has 0 radical (unpaired) electrons. The van der Waals surface area contributed by atoms with E-state index >= 15 is 0 Å². The van der Waals surface area contributed by atoms with Crippen molar-refractivity contribution < 1.29 is 9.59 Å². The van der Waals surface area contributed by atoms with Gasteiger partial charge in [-0.15, -0.1) is 0 Å². The van der Waals surface area contributed by atoms with E-state index < -0.39 is 6.04 Å². The van der Waals surface area contributed by atoms with E-state index in [0.717, 1.165) is 18.4 Å². The lowest BCUT2D eigenvalue weighted by Crippen LogP contribution is -2.65. The highest BCUT2D eigenvalue weighted by atomic mass is 16.2. The van der Waals surface area contributed by atoms with Crippen LogP contribution in [0, 0.1) is 0 Å². The van der Waals surface area contributed by atoms with E-state index in [1.807, 2.05) is 30.3 Å². The van der Waals surface area contributed by atoms with Crippen LogP contribution in [0.3, 0.4) is 0 Å². The molecular weight excluding hydrogens is 278 g/mol. The highest BCUT2D eigenvalue weighted by Crippen LogP contribution is 2.22. The average Bonchev–Trinajstić information content (AvgIpc) is 2.55. The molecular formula is C17H23N3O2. The second-order valence-electron chi connectivity index (χ2n) is 6.19. The van der Waals surface area contributed by atoms with Crippen LogP contribution in [-0.2, 0) is 16.1 Å². The predicted octanol–water partition coefficient (Wildman–Crippen LogP) is 1.09. The first kappa shape index (κ1) is 15.0. The largest absolute Gasteiger partial charge is 0.352 e. The van der Waals surface area contributed by atoms with E-state index in [4.69, 9.17) is 0 Å². The molecule has 5 heteroatoms. The Kier molecular flexibility index (Phi) is 4.73. The van der Waals surface area contributed by atoms with E-state index in [9.17, 15) is 9.59 Å². The first-order valence-electron chi connectivity index (χ1n) is 8.09. The molecule has 2 amide bonds. The van der Waals surface area contributed by atoms with Gasteiger partial charge in [0.05, 0.1) is 12.5 Å². The Balaban J connectivity index is 1.49. The van der Waals surface area contributed by atoms with Crippen LogP contribution < -0.4 is 16.0 Å². The summed E-state index contributed by atoms with van der Waals surface area (Å²) in [4.78, 5) is 24.2. The van der Waals surface area contributed by atoms with E-state index in [1.54, 1.807) is 0 Å². The van der Waals surface area contributed by atoms with Crippen molar-refractivity contribution in [3.8, 4) is 0 Å². The summed E-state index contributed by atoms with van der Waals surface area (Å²) >= 11 is 0. The summed E-state index contributed by atoms with van der Waals surface area (Å²) in [6.45, 7) is 0.500. The minimum absolute atomic E-state index is 0.0435. The van der Waals surface area contributed by atoms with Crippen molar-refractivity contribution in [2.45, 2.75) is 56.8 Å². The molecule has 3 N–H and O–H groups in total. The fourth-order valence-corrected chi connectivity index (χ4v) is 3.33. The van der Waals surface area contributed by atoms with E-state index in [-0.39, 0.29) is 24.3 Å². The Morgan fingerprint density at radius 3 is 2.64 bits per heavy atom. The molecule has 1 saturated heterocycles. The number of carbonyl (C=O) groups is 2. The fourth-order valence-electron chi connectivity index (χ4n) is 3.33. The molecule has 2 aliphatic rings. The van der Waals surface area contributed by atoms with Gasteiger partial charge in [0.25, 0.3) is 0 Å². The van der Waals surface area contributed by atoms with Crippen molar-refractivity contribution in [2.75, 3.05) is 0 Å². The molecule has 3 atom stereocenters. The summed E-state index contributed by atoms with van der Waals surface area (Å²) in [5.41, 5.74) is 1.06. The zero-order chi connectivity index (χ0) is 15.4. The Labute approximate surface area is 130 Å². The number of amides is 2. The van der Waals surface area contributed by atoms with Crippen LogP contribution in [0.15, 0.2) is 30.3 Å². The summed E-state index contributed by atoms with van der Waals surface area (Å²) in [6, 6.07) is 9.93. The third-order valence-electron chi connectivity index (χ3n) is 4.55. The van der Waals surface area contributed by atoms with Crippen molar-refractivity contribution in [3.05, 3.63) is 35.9 Å². The first-order valence-corrected chi connectivity index (χ1v) is 8.09. The topological polar surface area (TPSA) is 70.2 Å². The molecule has 2 fully saturated rings. The Hall–Kier alpha value is -1.88. The van der Waals surface area contributed by atoms with Gasteiger partial charge in [-0.05, 0) is 18.4 Å². The standard InChI is InChI=1S/C17H23N3O2/c21-16(18-11-12-6-2-1-3-7-12)10-15-17(22)20-14-9-5-4-8-13(14)19-15/h1-3,6-7,13-15,19H,4-5,8-11H2,(H,18,21)(H,20,22)/t13-,14-,15-/m0/s1. The van der Waals surface area contributed by atoms with Crippen LogP contribution in [0.1, 0.15) is 37.7 Å². The second kappa shape index (κ2) is 6.92. The lowest BCUT2D eigenvalue weighted by molar-refractivity contribution is -0.131. The maximum Gasteiger partial charge on any atom is 0.237 e. The van der Waals surface area contributed by atoms with Crippen molar-refractivity contribution in [1.82, 2.24) is 16.0 Å². The van der Waals surface area contributed by atoms with Crippen LogP contribution in [0.4, 0.5) is 0 Å². The normalized spacial score (nSPS) is 27.6. The van der Waals surface area contributed by atoms with Crippen molar-refractivity contribution in [1.29, 1.82) is 0 Å². The van der Waals surface area contributed by atoms with E-state index in [2.05, 4.69) is 16.0 Å². The van der Waals surface area contributed by atoms with Gasteiger partial charge in [-0.25, -0.2) is 0 Å². The van der Waals surface area contributed by atoms with Crippen molar-refractivity contribution >= 4 is 11.8 Å². The molecule has 118 valence electrons. The van der Waals surface area contributed by atoms with Gasteiger partial charge < -0.3 is 16.0 Å². The summed E-state index contributed by atoms with van der Waals surface area (Å²) in [7, 11) is 0. The summed E-state index contributed by atoms with van der Waals surface area (Å²) in [6.07, 6.45) is 4.67. The number of rotatable bonds is 4. The van der Waals surface area contributed by atoms with E-state index in [0.29, 0.717) is 12.6 Å². The van der Waals surface area contributed by atoms with Gasteiger partial charge in [-0.1, -0.05) is 43.2 Å². The Morgan fingerprint density at radius 1 is 1.14 bits per heavy atom. The molecule has 1 saturated carbocycles. The van der Waals surface area contributed by atoms with Gasteiger partial charge in [0, 0.05) is 18.6 Å². The maximum atomic E-state index is 12.1. The zero-order valence-electron chi connectivity index (χ0n) is 12.7. The molecule has 1 aliphatic heterocycles. The molecule has 3 rings (SSSR count). The number of hydrogen-bond acceptors (Lipinski definition) is 3. The maximum absolute atomic E-state index is 12.1. The van der Waals surface area contributed by atoms with Gasteiger partial charge in [0.15, 0.2) is 0 Å². The van der Waals surface area contributed by atoms with Crippen LogP contribution >= 0.6 is 0 Å². The molecule has 22 heavy (non-hydrogen) atoms. The summed E-state index contributed by atoms with van der Waals surface area (Å²) in [5.74, 6) is -0.135. The van der Waals surface area contributed by atoms with Gasteiger partial charge in [0.1, 0.15) is 0 Å². The van der Waals surface area contributed by atoms with Crippen LogP contribution in [0.5, 0.6) is 0 Å². The highest BCUT2D eigenvalue weighted by molar-refractivity contribution is 5.89. The number of fused-ring (bicyclic) bond motifs is 1. The SMILES string of the molecule is O=C(C[C@@H]1N[C@H]2CCCC[C@@H]2NC1=O)NCc1ccccc1. The molecule has 0 bridgehead atoms. The van der Waals surface area contributed by atoms with Gasteiger partial charge in [-0.3, -0.25) is 9.59 Å². The molecule has 1 aliphatic carbocycles. The number of nitrogens with one attached hydrogen (secondary N) is 3. The van der Waals surface area contributed by atoms with E-state index in [1.165, 1.54) is 12.8 Å². The smallest absolute Gasteiger partial charge is 0.237 e. The third kappa shape index (κ3) is 3.65. The van der Waals surface area contributed by atoms with Gasteiger partial charge in [0.2, 0.25) is 11.8 Å². The molecule has 1 heterocycles. The first-order chi connectivity index (χ1) is 10.7. The fraction of sp³-hybridized carbons (Fsp3) is 0.529. The summed E-state index contributed by atoms with van der Waals surface area (Å²) in [5, 5.41) is 9.31. The van der Waals surface area contributed by atoms with Crippen LogP contribution in [-0.4, -0.2) is 29.9 Å². The lowest BCUT2D eigenvalue weighted by atomic mass is 9.87. The summed E-state index contributed by atoms with van der Waals surface area (Å²) < 4.78 is 0. The Bertz CT molecular complexity index is 532. The van der Waals surface area contributed by atoms with Crippen molar-refractivity contribution in [3.63, 3.8) is 0 Å². The zero-order valence-corrected chi connectivity index (χ0v) is 12.7. The monoisotopic (exact) mass is 301 g/mol. The second-order valence-corrected chi connectivity index (χ2v) is 6.19. The molecule has 0 spiro atoms. The minimum atomic E-state index is -0.407. The Morgan fingerprint density at radius 2 is 1.86 bits per heavy atom. The molecule has 0 aromatic heterocycles. The predicted molar refractivity (Wildman–Crippen MR) is 84.0 cm³/mol. The highest BCUT2D eigenvalue weighted by Gasteiger charge is 2.36. The van der Waals surface area contributed by atoms with Crippen LogP contribution in [0.25, 0.3) is 0 Å². The molecule has 0 unspecified atom stereocenters. The molecule has 1 aromatic carbocycles. The number of carbonyl (C=O) groups excluding carboxylic acids is 2. The van der Waals surface area contributed by atoms with Gasteiger partial charge in [-0.2, -0.15) is 0 Å². The molecule has 1 aromatic rings. The quantitative estimate of drug-likeness (QED) is 0.780. The van der Waals surface area contributed by atoms with Crippen LogP contribution in [0.2, 0.25) is 0 Å². The lowest BCUT2D eigenvalue weighted by Gasteiger charge is -2.40. The number of benzene rings is 1. The minimum Gasteiger partial charge on any atom is -0.352 e. The molecule has 5 nitrogen and oxygen atoms in total. The number of piperazine rings is 1. The average molecular weight is 301 g/mol. The van der Waals surface area contributed by atoms with Gasteiger partial charge >= 0.3 is 0 Å².